The first-order valence-corrected chi connectivity index (χ1v) is 14.0. The summed E-state index contributed by atoms with van der Waals surface area (Å²) in [5.74, 6) is -3.53. The lowest BCUT2D eigenvalue weighted by Gasteiger charge is -2.40. The third-order valence-electron chi connectivity index (χ3n) is 6.39. The van der Waals surface area contributed by atoms with Gasteiger partial charge in [-0.15, -0.1) is 0 Å². The lowest BCUT2D eigenvalue weighted by atomic mass is 9.99. The fraction of sp³-hybridized carbons (Fsp3) is 0.458. The van der Waals surface area contributed by atoms with E-state index in [2.05, 4.69) is 14.6 Å². The lowest BCUT2D eigenvalue weighted by molar-refractivity contribution is -0.192. The zero-order chi connectivity index (χ0) is 28.8. The normalized spacial score (nSPS) is 17.2. The van der Waals surface area contributed by atoms with E-state index in [4.69, 9.17) is 21.5 Å². The highest BCUT2D eigenvalue weighted by Crippen LogP contribution is 2.29. The first kappa shape index (κ1) is 30.4. The quantitative estimate of drug-likeness (QED) is 0.447. The fourth-order valence-electron chi connectivity index (χ4n) is 4.52. The number of carbonyl (C=O) groups is 2. The first-order chi connectivity index (χ1) is 18.3. The molecule has 0 atom stereocenters. The smallest absolute Gasteiger partial charge is 0.478 e. The number of carboxylic acid groups (broad SMARTS) is 2. The molecule has 4 rings (SSSR count). The number of pyridine rings is 1. The summed E-state index contributed by atoms with van der Waals surface area (Å²) < 4.78 is 59.5. The van der Waals surface area contributed by atoms with E-state index >= 15 is 0 Å². The van der Waals surface area contributed by atoms with Gasteiger partial charge in [-0.1, -0.05) is 30.2 Å². The van der Waals surface area contributed by atoms with Gasteiger partial charge in [0.25, 0.3) is 10.0 Å². The van der Waals surface area contributed by atoms with Gasteiger partial charge in [-0.3, -0.25) is 4.72 Å². The number of hydrogen-bond donors (Lipinski definition) is 3. The molecule has 2 aliphatic rings. The van der Waals surface area contributed by atoms with E-state index in [0.717, 1.165) is 39.0 Å². The number of hydrogen-bond acceptors (Lipinski definition) is 7. The average Bonchev–Trinajstić information content (AvgIpc) is 2.89. The largest absolute Gasteiger partial charge is 0.490 e. The van der Waals surface area contributed by atoms with E-state index in [-0.39, 0.29) is 21.2 Å². The van der Waals surface area contributed by atoms with Crippen molar-refractivity contribution < 1.29 is 41.4 Å². The molecule has 2 saturated heterocycles. The summed E-state index contributed by atoms with van der Waals surface area (Å²) in [5.41, 5.74) is 0.0510. The van der Waals surface area contributed by atoms with Gasteiger partial charge in [0.1, 0.15) is 16.3 Å². The number of carboxylic acids is 2. The molecule has 0 aliphatic carbocycles. The summed E-state index contributed by atoms with van der Waals surface area (Å²) in [4.78, 5) is 29.6. The molecule has 2 fully saturated rings. The number of aromatic nitrogens is 1. The Kier molecular flexibility index (Phi) is 10.0. The lowest BCUT2D eigenvalue weighted by Crippen LogP contribution is -2.47. The average molecular weight is 593 g/mol. The monoisotopic (exact) mass is 592 g/mol. The van der Waals surface area contributed by atoms with Gasteiger partial charge in [0.2, 0.25) is 0 Å². The Hall–Kier alpha value is -3.10. The molecule has 2 aliphatic heterocycles. The van der Waals surface area contributed by atoms with Crippen LogP contribution in [0.5, 0.6) is 0 Å². The maximum atomic E-state index is 12.7. The van der Waals surface area contributed by atoms with Crippen molar-refractivity contribution in [3.05, 3.63) is 47.1 Å². The van der Waals surface area contributed by atoms with E-state index in [1.54, 1.807) is 12.1 Å². The van der Waals surface area contributed by atoms with Crippen LogP contribution in [0.25, 0.3) is 0 Å². The summed E-state index contributed by atoms with van der Waals surface area (Å²) in [6.07, 6.45) is 1.98. The van der Waals surface area contributed by atoms with Gasteiger partial charge in [-0.25, -0.2) is 23.0 Å². The minimum Gasteiger partial charge on any atom is -0.478 e. The van der Waals surface area contributed by atoms with Gasteiger partial charge in [0, 0.05) is 19.1 Å². The van der Waals surface area contributed by atoms with Crippen LogP contribution in [-0.4, -0.2) is 78.9 Å². The minimum absolute atomic E-state index is 0.0271. The van der Waals surface area contributed by atoms with Crippen molar-refractivity contribution >= 4 is 45.1 Å². The number of piperidine rings is 2. The van der Waals surface area contributed by atoms with Crippen molar-refractivity contribution in [2.75, 3.05) is 35.8 Å². The minimum atomic E-state index is -5.08. The topological polar surface area (TPSA) is 140 Å². The van der Waals surface area contributed by atoms with E-state index in [0.29, 0.717) is 11.9 Å². The molecule has 0 saturated carbocycles. The number of aromatic carboxylic acids is 1. The number of halogens is 4. The van der Waals surface area contributed by atoms with Crippen LogP contribution in [0.2, 0.25) is 5.02 Å². The molecule has 39 heavy (non-hydrogen) atoms. The third kappa shape index (κ3) is 8.19. The van der Waals surface area contributed by atoms with E-state index < -0.39 is 28.1 Å². The van der Waals surface area contributed by atoms with Gasteiger partial charge in [-0.05, 0) is 57.0 Å². The molecule has 0 amide bonds. The molecule has 3 N–H and O–H groups in total. The van der Waals surface area contributed by atoms with E-state index in [1.165, 1.54) is 43.7 Å². The van der Waals surface area contributed by atoms with Crippen molar-refractivity contribution in [1.29, 1.82) is 0 Å². The molecule has 0 radical (unpaired) electrons. The number of alkyl halides is 3. The third-order valence-corrected chi connectivity index (χ3v) is 8.27. The zero-order valence-corrected chi connectivity index (χ0v) is 22.3. The Balaban J connectivity index is 0.000000532. The number of nitrogens with one attached hydrogen (secondary N) is 1. The Morgan fingerprint density at radius 2 is 1.62 bits per heavy atom. The number of rotatable bonds is 6. The maximum Gasteiger partial charge on any atom is 0.490 e. The molecule has 15 heteroatoms. The second-order valence-corrected chi connectivity index (χ2v) is 11.1. The number of nitrogens with zero attached hydrogens (tertiary/aromatic N) is 3. The molecule has 10 nitrogen and oxygen atoms in total. The standard InChI is InChI=1S/C22H27ClN4O4S.C2HF3O2/c23-19-6-2-3-7-20(19)32(30,31)25-16-14-18(22(28)29)21(24-15-16)27-12-8-17(9-13-27)26-10-4-1-5-11-26;3-2(4,5)1(6)7/h2-3,6-7,14-15,17,25H,1,4-5,8-13H2,(H,28,29);(H,6,7). The number of likely N-dealkylation sites (tertiary alicyclic amines) is 1. The van der Waals surface area contributed by atoms with Crippen molar-refractivity contribution in [3.8, 4) is 0 Å². The van der Waals surface area contributed by atoms with Crippen LogP contribution in [0.1, 0.15) is 42.5 Å². The van der Waals surface area contributed by atoms with Gasteiger partial charge in [0.05, 0.1) is 16.9 Å². The second-order valence-electron chi connectivity index (χ2n) is 9.05. The molecule has 2 aromatic rings. The van der Waals surface area contributed by atoms with E-state index in [1.807, 2.05) is 4.90 Å². The van der Waals surface area contributed by atoms with Crippen LogP contribution in [0.15, 0.2) is 41.4 Å². The van der Waals surface area contributed by atoms with Crippen molar-refractivity contribution in [2.45, 2.75) is 49.2 Å². The Morgan fingerprint density at radius 1 is 1.03 bits per heavy atom. The van der Waals surface area contributed by atoms with Crippen molar-refractivity contribution in [2.24, 2.45) is 0 Å². The molecule has 1 aromatic heterocycles. The Morgan fingerprint density at radius 3 is 2.15 bits per heavy atom. The molecule has 3 heterocycles. The highest BCUT2D eigenvalue weighted by atomic mass is 35.5. The zero-order valence-electron chi connectivity index (χ0n) is 20.7. The molecule has 214 valence electrons. The van der Waals surface area contributed by atoms with Crippen LogP contribution < -0.4 is 9.62 Å². The highest BCUT2D eigenvalue weighted by molar-refractivity contribution is 7.92. The van der Waals surface area contributed by atoms with E-state index in [9.17, 15) is 31.5 Å². The number of anilines is 2. The molecule has 0 unspecified atom stereocenters. The summed E-state index contributed by atoms with van der Waals surface area (Å²) in [7, 11) is -3.98. The molecule has 1 aromatic carbocycles. The van der Waals surface area contributed by atoms with Gasteiger partial charge in [0.15, 0.2) is 0 Å². The van der Waals surface area contributed by atoms with Crippen molar-refractivity contribution in [1.82, 2.24) is 9.88 Å². The Bertz CT molecular complexity index is 1280. The summed E-state index contributed by atoms with van der Waals surface area (Å²) in [6, 6.07) is 7.91. The van der Waals surface area contributed by atoms with Crippen molar-refractivity contribution in [3.63, 3.8) is 0 Å². The highest BCUT2D eigenvalue weighted by Gasteiger charge is 2.38. The summed E-state index contributed by atoms with van der Waals surface area (Å²) >= 11 is 6.01. The number of sulfonamides is 1. The van der Waals surface area contributed by atoms with Crippen LogP contribution in [0.3, 0.4) is 0 Å². The molecule has 0 spiro atoms. The predicted molar refractivity (Wildman–Crippen MR) is 138 cm³/mol. The Labute approximate surface area is 228 Å². The SMILES string of the molecule is O=C(O)C(F)(F)F.O=C(O)c1cc(NS(=O)(=O)c2ccccc2Cl)cnc1N1CCC(N2CCCCC2)CC1. The van der Waals surface area contributed by atoms with Crippen LogP contribution in [-0.2, 0) is 14.8 Å². The summed E-state index contributed by atoms with van der Waals surface area (Å²) in [6.45, 7) is 3.73. The summed E-state index contributed by atoms with van der Waals surface area (Å²) in [5, 5.41) is 17.0. The predicted octanol–water partition coefficient (Wildman–Crippen LogP) is 4.32. The molecular weight excluding hydrogens is 565 g/mol. The number of benzene rings is 1. The maximum absolute atomic E-state index is 12.7. The molecular formula is C24H28ClF3N4O6S. The second kappa shape index (κ2) is 12.8. The molecule has 0 bridgehead atoms. The first-order valence-electron chi connectivity index (χ1n) is 12.1. The fourth-order valence-corrected chi connectivity index (χ4v) is 6.08. The van der Waals surface area contributed by atoms with Crippen LogP contribution in [0, 0.1) is 0 Å². The van der Waals surface area contributed by atoms with Gasteiger partial charge < -0.3 is 20.0 Å². The number of aliphatic carboxylic acids is 1. The van der Waals surface area contributed by atoms with Crippen LogP contribution in [0.4, 0.5) is 24.7 Å². The van der Waals surface area contributed by atoms with Gasteiger partial charge >= 0.3 is 18.1 Å². The van der Waals surface area contributed by atoms with Gasteiger partial charge in [-0.2, -0.15) is 13.2 Å². The van der Waals surface area contributed by atoms with Crippen LogP contribution >= 0.6 is 11.6 Å².